The van der Waals surface area contributed by atoms with E-state index in [0.717, 1.165) is 13.0 Å². The van der Waals surface area contributed by atoms with Gasteiger partial charge in [0.25, 0.3) is 0 Å². The second kappa shape index (κ2) is 8.72. The highest BCUT2D eigenvalue weighted by molar-refractivity contribution is 6.34. The highest BCUT2D eigenvalue weighted by Crippen LogP contribution is 2.17. The minimum absolute atomic E-state index is 0.0934. The fourth-order valence-corrected chi connectivity index (χ4v) is 2.00. The molecule has 0 aliphatic rings. The van der Waals surface area contributed by atoms with Gasteiger partial charge in [0.2, 0.25) is 5.91 Å². The first-order valence-electron chi connectivity index (χ1n) is 6.70. The maximum absolute atomic E-state index is 11.9. The smallest absolute Gasteiger partial charge is 0.220 e. The summed E-state index contributed by atoms with van der Waals surface area (Å²) in [4.78, 5) is 25.6. The fraction of sp³-hybridized carbons (Fsp3) is 0.467. The van der Waals surface area contributed by atoms with Crippen LogP contribution in [0.2, 0.25) is 5.02 Å². The molecular formula is C15H21ClN2O2. The summed E-state index contributed by atoms with van der Waals surface area (Å²) in [6.07, 6.45) is 1.28. The fourth-order valence-electron chi connectivity index (χ4n) is 1.76. The molecule has 20 heavy (non-hydrogen) atoms. The maximum atomic E-state index is 11.9. The van der Waals surface area contributed by atoms with E-state index in [9.17, 15) is 9.59 Å². The van der Waals surface area contributed by atoms with Crippen LogP contribution in [0.1, 0.15) is 29.6 Å². The summed E-state index contributed by atoms with van der Waals surface area (Å²) in [5.41, 5.74) is 0.481. The summed E-state index contributed by atoms with van der Waals surface area (Å²) in [6, 6.07) is 6.90. The molecule has 0 bridgehead atoms. The van der Waals surface area contributed by atoms with Gasteiger partial charge in [0.1, 0.15) is 0 Å². The van der Waals surface area contributed by atoms with Crippen molar-refractivity contribution < 1.29 is 9.59 Å². The van der Waals surface area contributed by atoms with Crippen LogP contribution < -0.4 is 5.32 Å². The number of hydrogen-bond acceptors (Lipinski definition) is 3. The largest absolute Gasteiger partial charge is 0.356 e. The number of benzene rings is 1. The number of hydrogen-bond donors (Lipinski definition) is 1. The van der Waals surface area contributed by atoms with Crippen LogP contribution >= 0.6 is 11.6 Å². The first kappa shape index (κ1) is 16.7. The molecule has 5 heteroatoms. The quantitative estimate of drug-likeness (QED) is 0.592. The van der Waals surface area contributed by atoms with Gasteiger partial charge in [-0.15, -0.1) is 0 Å². The third-order valence-electron chi connectivity index (χ3n) is 2.86. The van der Waals surface area contributed by atoms with Gasteiger partial charge >= 0.3 is 0 Å². The molecule has 0 unspecified atom stereocenters. The Morgan fingerprint density at radius 1 is 1.20 bits per heavy atom. The lowest BCUT2D eigenvalue weighted by atomic mass is 10.1. The first-order valence-corrected chi connectivity index (χ1v) is 7.07. The van der Waals surface area contributed by atoms with Gasteiger partial charge in [0.15, 0.2) is 5.78 Å². The molecule has 0 aromatic heterocycles. The molecule has 110 valence electrons. The van der Waals surface area contributed by atoms with Crippen LogP contribution in [-0.2, 0) is 4.79 Å². The second-order valence-electron chi connectivity index (χ2n) is 4.91. The van der Waals surface area contributed by atoms with E-state index in [0.29, 0.717) is 17.1 Å². The first-order chi connectivity index (χ1) is 9.50. The van der Waals surface area contributed by atoms with Crippen molar-refractivity contribution in [3.63, 3.8) is 0 Å². The lowest BCUT2D eigenvalue weighted by Crippen LogP contribution is -2.27. The average molecular weight is 297 g/mol. The lowest BCUT2D eigenvalue weighted by molar-refractivity contribution is -0.121. The summed E-state index contributed by atoms with van der Waals surface area (Å²) < 4.78 is 0. The molecule has 0 saturated carbocycles. The SMILES string of the molecule is CN(C)CCCNC(=O)CCC(=O)c1ccccc1Cl. The predicted molar refractivity (Wildman–Crippen MR) is 81.2 cm³/mol. The number of nitrogens with zero attached hydrogens (tertiary/aromatic N) is 1. The summed E-state index contributed by atoms with van der Waals surface area (Å²) >= 11 is 5.94. The van der Waals surface area contributed by atoms with Gasteiger partial charge in [-0.25, -0.2) is 0 Å². The van der Waals surface area contributed by atoms with Crippen LogP contribution in [0.5, 0.6) is 0 Å². The Labute approximate surface area is 125 Å². The number of ketones is 1. The van der Waals surface area contributed by atoms with Gasteiger partial charge < -0.3 is 10.2 Å². The molecule has 1 N–H and O–H groups in total. The van der Waals surface area contributed by atoms with E-state index in [4.69, 9.17) is 11.6 Å². The Kier molecular flexibility index (Phi) is 7.26. The van der Waals surface area contributed by atoms with Gasteiger partial charge in [-0.05, 0) is 39.2 Å². The van der Waals surface area contributed by atoms with Crippen molar-refractivity contribution in [1.82, 2.24) is 10.2 Å². The van der Waals surface area contributed by atoms with Gasteiger partial charge in [-0.1, -0.05) is 23.7 Å². The number of amides is 1. The van der Waals surface area contributed by atoms with Crippen LogP contribution in [0.3, 0.4) is 0 Å². The zero-order chi connectivity index (χ0) is 15.0. The van der Waals surface area contributed by atoms with E-state index >= 15 is 0 Å². The Bertz CT molecular complexity index is 461. The van der Waals surface area contributed by atoms with Crippen molar-refractivity contribution in [2.24, 2.45) is 0 Å². The molecule has 1 aromatic carbocycles. The highest BCUT2D eigenvalue weighted by Gasteiger charge is 2.11. The molecule has 0 spiro atoms. The summed E-state index contributed by atoms with van der Waals surface area (Å²) in [7, 11) is 3.98. The van der Waals surface area contributed by atoms with Crippen molar-refractivity contribution in [2.75, 3.05) is 27.2 Å². The highest BCUT2D eigenvalue weighted by atomic mass is 35.5. The Hall–Kier alpha value is -1.39. The molecule has 0 aliphatic carbocycles. The zero-order valence-electron chi connectivity index (χ0n) is 12.0. The third kappa shape index (κ3) is 6.17. The number of carbonyl (C=O) groups excluding carboxylic acids is 2. The minimum atomic E-state index is -0.0981. The molecule has 0 aliphatic heterocycles. The minimum Gasteiger partial charge on any atom is -0.356 e. The normalized spacial score (nSPS) is 10.6. The molecule has 0 atom stereocenters. The zero-order valence-corrected chi connectivity index (χ0v) is 12.7. The van der Waals surface area contributed by atoms with Crippen molar-refractivity contribution in [1.29, 1.82) is 0 Å². The van der Waals surface area contributed by atoms with Crippen LogP contribution in [0, 0.1) is 0 Å². The summed E-state index contributed by atoms with van der Waals surface area (Å²) in [6.45, 7) is 1.57. The lowest BCUT2D eigenvalue weighted by Gasteiger charge is -2.09. The van der Waals surface area contributed by atoms with E-state index in [1.165, 1.54) is 0 Å². The molecule has 1 amide bonds. The third-order valence-corrected chi connectivity index (χ3v) is 3.19. The van der Waals surface area contributed by atoms with Crippen molar-refractivity contribution in [3.8, 4) is 0 Å². The topological polar surface area (TPSA) is 49.4 Å². The predicted octanol–water partition coefficient (Wildman–Crippen LogP) is 2.37. The molecule has 1 aromatic rings. The monoisotopic (exact) mass is 296 g/mol. The van der Waals surface area contributed by atoms with E-state index in [1.807, 2.05) is 14.1 Å². The van der Waals surface area contributed by atoms with E-state index in [1.54, 1.807) is 24.3 Å². The maximum Gasteiger partial charge on any atom is 0.220 e. The molecule has 4 nitrogen and oxygen atoms in total. The van der Waals surface area contributed by atoms with Crippen LogP contribution in [0.15, 0.2) is 24.3 Å². The summed E-state index contributed by atoms with van der Waals surface area (Å²) in [5, 5.41) is 3.24. The Morgan fingerprint density at radius 2 is 1.90 bits per heavy atom. The molecule has 0 radical (unpaired) electrons. The van der Waals surface area contributed by atoms with Crippen LogP contribution in [-0.4, -0.2) is 43.8 Å². The number of rotatable bonds is 8. The molecule has 0 fully saturated rings. The molecule has 0 heterocycles. The Morgan fingerprint density at radius 3 is 2.55 bits per heavy atom. The van der Waals surface area contributed by atoms with Gasteiger partial charge in [0.05, 0.1) is 5.02 Å². The van der Waals surface area contributed by atoms with Crippen molar-refractivity contribution in [3.05, 3.63) is 34.9 Å². The number of Topliss-reactive ketones (excluding diaryl/α,β-unsaturated/α-hetero) is 1. The molecule has 1 rings (SSSR count). The number of nitrogens with one attached hydrogen (secondary N) is 1. The van der Waals surface area contributed by atoms with Gasteiger partial charge in [0, 0.05) is 24.9 Å². The van der Waals surface area contributed by atoms with Crippen molar-refractivity contribution >= 4 is 23.3 Å². The standard InChI is InChI=1S/C15H21ClN2O2/c1-18(2)11-5-10-17-15(20)9-8-14(19)12-6-3-4-7-13(12)16/h3-4,6-7H,5,8-11H2,1-2H3,(H,17,20). The van der Waals surface area contributed by atoms with Gasteiger partial charge in [-0.2, -0.15) is 0 Å². The van der Waals surface area contributed by atoms with E-state index in [-0.39, 0.29) is 24.5 Å². The van der Waals surface area contributed by atoms with Crippen LogP contribution in [0.25, 0.3) is 0 Å². The molecule has 0 saturated heterocycles. The van der Waals surface area contributed by atoms with Gasteiger partial charge in [-0.3, -0.25) is 9.59 Å². The van der Waals surface area contributed by atoms with Crippen molar-refractivity contribution in [2.45, 2.75) is 19.3 Å². The number of halogens is 1. The second-order valence-corrected chi connectivity index (χ2v) is 5.32. The Balaban J connectivity index is 2.27. The summed E-state index contributed by atoms with van der Waals surface area (Å²) in [5.74, 6) is -0.191. The average Bonchev–Trinajstić information content (AvgIpc) is 2.41. The molecular weight excluding hydrogens is 276 g/mol. The van der Waals surface area contributed by atoms with E-state index < -0.39 is 0 Å². The van der Waals surface area contributed by atoms with E-state index in [2.05, 4.69) is 10.2 Å². The van der Waals surface area contributed by atoms with Crippen LogP contribution in [0.4, 0.5) is 0 Å². The number of carbonyl (C=O) groups is 2.